The van der Waals surface area contributed by atoms with E-state index in [-0.39, 0.29) is 0 Å². The smallest absolute Gasteiger partial charge is 0.0717 e. The molecule has 96 valence electrons. The van der Waals surface area contributed by atoms with Crippen molar-refractivity contribution in [3.63, 3.8) is 0 Å². The first-order valence-corrected chi connectivity index (χ1v) is 11.3. The van der Waals surface area contributed by atoms with E-state index in [1.807, 2.05) is 23.5 Å². The molecule has 0 saturated carbocycles. The number of hydrogen-bond acceptors (Lipinski definition) is 6. The van der Waals surface area contributed by atoms with E-state index < -0.39 is 0 Å². The molecule has 0 nitrogen and oxygen atoms in total. The quantitative estimate of drug-likeness (QED) is 0.489. The van der Waals surface area contributed by atoms with Crippen LogP contribution in [0.4, 0.5) is 0 Å². The maximum Gasteiger partial charge on any atom is 0.0717 e. The van der Waals surface area contributed by atoms with Crippen LogP contribution in [0, 0.1) is 0 Å². The lowest BCUT2D eigenvalue weighted by molar-refractivity contribution is 0.718. The Morgan fingerprint density at radius 3 is 1.61 bits per heavy atom. The molecule has 0 unspecified atom stereocenters. The second-order valence-electron chi connectivity index (χ2n) is 4.31. The molecule has 3 heterocycles. The van der Waals surface area contributed by atoms with Crippen molar-refractivity contribution in [3.05, 3.63) is 26.8 Å². The van der Waals surface area contributed by atoms with Crippen molar-refractivity contribution >= 4 is 70.6 Å². The summed E-state index contributed by atoms with van der Waals surface area (Å²) in [5.74, 6) is 2.57. The largest absolute Gasteiger partial charge is 0.116 e. The Morgan fingerprint density at radius 1 is 0.556 bits per heavy atom. The summed E-state index contributed by atoms with van der Waals surface area (Å²) in [6, 6.07) is 0. The molecule has 0 N–H and O–H groups in total. The standard InChI is InChI=1S/C12H12S6/c1-2-4-8-7(3-1)15-11(16-8)12-17-9-10(18-12)14-6-5-13-9/h1-6H2. The Balaban J connectivity index is 1.54. The SMILES string of the molecule is C1CCC2=C(C1)SC(=C1SC3=C(SCCS3)S1)S2. The van der Waals surface area contributed by atoms with Crippen molar-refractivity contribution in [1.29, 1.82) is 0 Å². The second kappa shape index (κ2) is 5.60. The molecule has 0 aromatic carbocycles. The Bertz CT molecular complexity index is 403. The normalized spacial score (nSPS) is 28.0. The van der Waals surface area contributed by atoms with E-state index >= 15 is 0 Å². The molecule has 4 rings (SSSR count). The zero-order valence-corrected chi connectivity index (χ0v) is 14.6. The van der Waals surface area contributed by atoms with E-state index in [4.69, 9.17) is 0 Å². The maximum atomic E-state index is 2.07. The van der Waals surface area contributed by atoms with Crippen LogP contribution >= 0.6 is 70.6 Å². The summed E-state index contributed by atoms with van der Waals surface area (Å²) in [5.41, 5.74) is 0. The van der Waals surface area contributed by atoms with Crippen molar-refractivity contribution in [2.24, 2.45) is 0 Å². The fraction of sp³-hybridized carbons (Fsp3) is 0.500. The maximum absolute atomic E-state index is 2.07. The fourth-order valence-electron chi connectivity index (χ4n) is 2.20. The average molecular weight is 349 g/mol. The van der Waals surface area contributed by atoms with Gasteiger partial charge < -0.3 is 0 Å². The minimum atomic E-state index is 1.29. The Morgan fingerprint density at radius 2 is 1.06 bits per heavy atom. The highest BCUT2D eigenvalue weighted by atomic mass is 32.3. The van der Waals surface area contributed by atoms with Gasteiger partial charge in [-0.25, -0.2) is 0 Å². The summed E-state index contributed by atoms with van der Waals surface area (Å²) in [6.45, 7) is 0. The van der Waals surface area contributed by atoms with Gasteiger partial charge in [0, 0.05) is 21.3 Å². The molecule has 4 aliphatic rings. The van der Waals surface area contributed by atoms with Gasteiger partial charge in [-0.3, -0.25) is 0 Å². The van der Waals surface area contributed by atoms with Crippen LogP contribution in [-0.2, 0) is 0 Å². The molecule has 0 aromatic heterocycles. The highest BCUT2D eigenvalue weighted by molar-refractivity contribution is 8.43. The van der Waals surface area contributed by atoms with E-state index in [1.54, 1.807) is 26.8 Å². The van der Waals surface area contributed by atoms with Crippen molar-refractivity contribution < 1.29 is 0 Å². The summed E-state index contributed by atoms with van der Waals surface area (Å²) in [5, 5.41) is 0. The average Bonchev–Trinajstić information content (AvgIpc) is 3.02. The highest BCUT2D eigenvalue weighted by Crippen LogP contribution is 2.65. The van der Waals surface area contributed by atoms with Crippen molar-refractivity contribution in [2.45, 2.75) is 25.7 Å². The zero-order valence-electron chi connectivity index (χ0n) is 9.69. The van der Waals surface area contributed by atoms with Gasteiger partial charge in [0.15, 0.2) is 0 Å². The van der Waals surface area contributed by atoms with Crippen molar-refractivity contribution in [2.75, 3.05) is 11.5 Å². The monoisotopic (exact) mass is 348 g/mol. The van der Waals surface area contributed by atoms with E-state index in [9.17, 15) is 0 Å². The summed E-state index contributed by atoms with van der Waals surface area (Å²) >= 11 is 12.3. The van der Waals surface area contributed by atoms with Crippen LogP contribution in [0.5, 0.6) is 0 Å². The van der Waals surface area contributed by atoms with Crippen LogP contribution in [0.2, 0.25) is 0 Å². The predicted molar refractivity (Wildman–Crippen MR) is 94.8 cm³/mol. The first-order chi connectivity index (χ1) is 8.90. The summed E-state index contributed by atoms with van der Waals surface area (Å²) < 4.78 is 6.29. The Kier molecular flexibility index (Phi) is 4.05. The van der Waals surface area contributed by atoms with Gasteiger partial charge in [-0.05, 0) is 25.7 Å². The molecule has 1 aliphatic carbocycles. The van der Waals surface area contributed by atoms with Gasteiger partial charge in [-0.15, -0.1) is 23.5 Å². The molecule has 3 aliphatic heterocycles. The zero-order chi connectivity index (χ0) is 11.9. The van der Waals surface area contributed by atoms with Crippen LogP contribution in [0.3, 0.4) is 0 Å². The number of rotatable bonds is 0. The molecule has 0 radical (unpaired) electrons. The highest BCUT2D eigenvalue weighted by Gasteiger charge is 2.31. The number of allylic oxidation sites excluding steroid dienone is 2. The third kappa shape index (κ3) is 2.46. The molecule has 0 spiro atoms. The first-order valence-electron chi connectivity index (χ1n) is 6.08. The predicted octanol–water partition coefficient (Wildman–Crippen LogP) is 6.47. The molecule has 0 atom stereocenters. The van der Waals surface area contributed by atoms with Crippen LogP contribution in [-0.4, -0.2) is 11.5 Å². The van der Waals surface area contributed by atoms with Crippen LogP contribution in [0.15, 0.2) is 26.8 Å². The van der Waals surface area contributed by atoms with E-state index in [0.717, 1.165) is 0 Å². The van der Waals surface area contributed by atoms with Gasteiger partial charge in [0.25, 0.3) is 0 Å². The van der Waals surface area contributed by atoms with Gasteiger partial charge >= 0.3 is 0 Å². The van der Waals surface area contributed by atoms with Gasteiger partial charge in [0.1, 0.15) is 0 Å². The van der Waals surface area contributed by atoms with Gasteiger partial charge in [-0.1, -0.05) is 47.0 Å². The van der Waals surface area contributed by atoms with E-state index in [2.05, 4.69) is 47.0 Å². The van der Waals surface area contributed by atoms with Crippen molar-refractivity contribution in [1.82, 2.24) is 0 Å². The van der Waals surface area contributed by atoms with Gasteiger partial charge in [0.05, 0.1) is 16.9 Å². The molecule has 0 saturated heterocycles. The number of thioether (sulfide) groups is 6. The molecular weight excluding hydrogens is 337 g/mol. The topological polar surface area (TPSA) is 0 Å². The van der Waals surface area contributed by atoms with Crippen LogP contribution in [0.1, 0.15) is 25.7 Å². The Labute approximate surface area is 133 Å². The molecule has 0 amide bonds. The molecule has 0 fully saturated rings. The Hall–Kier alpha value is 1.32. The van der Waals surface area contributed by atoms with Gasteiger partial charge in [-0.2, -0.15) is 0 Å². The van der Waals surface area contributed by atoms with E-state index in [1.165, 1.54) is 37.2 Å². The van der Waals surface area contributed by atoms with Gasteiger partial charge in [0.2, 0.25) is 0 Å². The molecule has 18 heavy (non-hydrogen) atoms. The summed E-state index contributed by atoms with van der Waals surface area (Å²) in [4.78, 5) is 3.36. The van der Waals surface area contributed by atoms with E-state index in [0.29, 0.717) is 0 Å². The summed E-state index contributed by atoms with van der Waals surface area (Å²) in [7, 11) is 0. The van der Waals surface area contributed by atoms with Crippen molar-refractivity contribution in [3.8, 4) is 0 Å². The number of hydrogen-bond donors (Lipinski definition) is 0. The third-order valence-corrected chi connectivity index (χ3v) is 12.2. The molecule has 0 bridgehead atoms. The lowest BCUT2D eigenvalue weighted by Crippen LogP contribution is -1.89. The van der Waals surface area contributed by atoms with Crippen LogP contribution < -0.4 is 0 Å². The van der Waals surface area contributed by atoms with Crippen LogP contribution in [0.25, 0.3) is 0 Å². The lowest BCUT2D eigenvalue weighted by atomic mass is 10.1. The third-order valence-electron chi connectivity index (χ3n) is 3.05. The minimum absolute atomic E-state index is 1.29. The first kappa shape index (κ1) is 13.0. The molecule has 0 aromatic rings. The molecule has 6 heteroatoms. The summed E-state index contributed by atoms with van der Waals surface area (Å²) in [6.07, 6.45) is 5.46. The minimum Gasteiger partial charge on any atom is -0.116 e. The second-order valence-corrected chi connectivity index (χ2v) is 11.8. The molecular formula is C12H12S6. The fourth-order valence-corrected chi connectivity index (χ4v) is 11.4. The lowest BCUT2D eigenvalue weighted by Gasteiger charge is -2.09.